The summed E-state index contributed by atoms with van der Waals surface area (Å²) in [5.41, 5.74) is 0.678. The van der Waals surface area contributed by atoms with Gasteiger partial charge in [0.2, 0.25) is 5.88 Å². The zero-order valence-corrected chi connectivity index (χ0v) is 15.4. The summed E-state index contributed by atoms with van der Waals surface area (Å²) in [4.78, 5) is 18.5. The molecule has 0 N–H and O–H groups in total. The molecule has 0 aliphatic carbocycles. The first kappa shape index (κ1) is 18.6. The van der Waals surface area contributed by atoms with Gasteiger partial charge in [0.25, 0.3) is 0 Å². The number of carbonyl (C=O) groups excluding carboxylic acids is 1. The lowest BCUT2D eigenvalue weighted by molar-refractivity contribution is 0.00822. The molecule has 2 heterocycles. The summed E-state index contributed by atoms with van der Waals surface area (Å²) in [6.07, 6.45) is 6.73. The molecule has 1 fully saturated rings. The average Bonchev–Trinajstić information content (AvgIpc) is 2.52. The highest BCUT2D eigenvalue weighted by molar-refractivity contribution is 5.68. The van der Waals surface area contributed by atoms with Crippen molar-refractivity contribution in [2.45, 2.75) is 71.4 Å². The number of carbonyl (C=O) groups is 1. The van der Waals surface area contributed by atoms with Crippen LogP contribution in [0.1, 0.15) is 58.4 Å². The van der Waals surface area contributed by atoms with E-state index in [1.54, 1.807) is 6.20 Å². The minimum Gasteiger partial charge on any atom is -0.478 e. The van der Waals surface area contributed by atoms with Crippen molar-refractivity contribution >= 4 is 6.09 Å². The second-order valence-electron chi connectivity index (χ2n) is 7.49. The van der Waals surface area contributed by atoms with Crippen molar-refractivity contribution in [1.82, 2.24) is 9.88 Å². The van der Waals surface area contributed by atoms with E-state index in [4.69, 9.17) is 9.47 Å². The number of nitrogens with zero attached hydrogens (tertiary/aromatic N) is 2. The molecular formula is C19H30N2O3. The van der Waals surface area contributed by atoms with E-state index in [1.165, 1.54) is 6.42 Å². The SMILES string of the molecule is Cc1ccc(OCCC[C@H]2CCCCN2C(=O)OC(C)(C)C)nc1. The number of ether oxygens (including phenoxy) is 2. The Morgan fingerprint density at radius 2 is 2.12 bits per heavy atom. The second-order valence-corrected chi connectivity index (χ2v) is 7.49. The number of hydrogen-bond donors (Lipinski definition) is 0. The first-order valence-corrected chi connectivity index (χ1v) is 8.90. The van der Waals surface area contributed by atoms with Crippen LogP contribution in [0.15, 0.2) is 18.3 Å². The van der Waals surface area contributed by atoms with Gasteiger partial charge in [-0.3, -0.25) is 0 Å². The molecule has 2 rings (SSSR count). The van der Waals surface area contributed by atoms with E-state index in [0.717, 1.165) is 37.8 Å². The van der Waals surface area contributed by atoms with E-state index in [2.05, 4.69) is 4.98 Å². The molecule has 1 aromatic heterocycles. The molecule has 1 amide bonds. The number of aromatic nitrogens is 1. The zero-order valence-electron chi connectivity index (χ0n) is 15.4. The highest BCUT2D eigenvalue weighted by Crippen LogP contribution is 2.23. The van der Waals surface area contributed by atoms with Gasteiger partial charge in [0.05, 0.1) is 6.61 Å². The van der Waals surface area contributed by atoms with Gasteiger partial charge >= 0.3 is 6.09 Å². The third-order valence-electron chi connectivity index (χ3n) is 4.07. The molecular weight excluding hydrogens is 304 g/mol. The number of aryl methyl sites for hydroxylation is 1. The third-order valence-corrected chi connectivity index (χ3v) is 4.07. The van der Waals surface area contributed by atoms with E-state index in [0.29, 0.717) is 12.5 Å². The van der Waals surface area contributed by atoms with Gasteiger partial charge in [-0.25, -0.2) is 9.78 Å². The maximum atomic E-state index is 12.4. The van der Waals surface area contributed by atoms with Crippen LogP contribution in [0.2, 0.25) is 0 Å². The van der Waals surface area contributed by atoms with Crippen LogP contribution in [-0.4, -0.2) is 40.8 Å². The Hall–Kier alpha value is -1.78. The summed E-state index contributed by atoms with van der Waals surface area (Å²) in [6, 6.07) is 4.14. The minimum atomic E-state index is -0.445. The Kier molecular flexibility index (Phi) is 6.46. The standard InChI is InChI=1S/C19H30N2O3/c1-15-10-11-17(20-14-15)23-13-7-9-16-8-5-6-12-21(16)18(22)24-19(2,3)4/h10-11,14,16H,5-9,12-13H2,1-4H3/t16-/m1/s1. The summed E-state index contributed by atoms with van der Waals surface area (Å²) < 4.78 is 11.2. The zero-order chi connectivity index (χ0) is 17.6. The van der Waals surface area contributed by atoms with Gasteiger partial charge in [0.15, 0.2) is 0 Å². The number of hydrogen-bond acceptors (Lipinski definition) is 4. The molecule has 0 radical (unpaired) electrons. The van der Waals surface area contributed by atoms with Gasteiger partial charge in [-0.1, -0.05) is 6.07 Å². The maximum absolute atomic E-state index is 12.4. The number of pyridine rings is 1. The minimum absolute atomic E-state index is 0.187. The van der Waals surface area contributed by atoms with Crippen molar-refractivity contribution in [1.29, 1.82) is 0 Å². The molecule has 0 bridgehead atoms. The molecule has 0 spiro atoms. The lowest BCUT2D eigenvalue weighted by Crippen LogP contribution is -2.46. The molecule has 1 aliphatic rings. The lowest BCUT2D eigenvalue weighted by Gasteiger charge is -2.36. The second kappa shape index (κ2) is 8.36. The number of likely N-dealkylation sites (tertiary alicyclic amines) is 1. The van der Waals surface area contributed by atoms with Gasteiger partial charge in [-0.15, -0.1) is 0 Å². The smallest absolute Gasteiger partial charge is 0.410 e. The van der Waals surface area contributed by atoms with Crippen LogP contribution >= 0.6 is 0 Å². The first-order chi connectivity index (χ1) is 11.3. The third kappa shape index (κ3) is 6.02. The first-order valence-electron chi connectivity index (χ1n) is 8.90. The molecule has 5 nitrogen and oxygen atoms in total. The van der Waals surface area contributed by atoms with Crippen molar-refractivity contribution in [3.63, 3.8) is 0 Å². The molecule has 24 heavy (non-hydrogen) atoms. The summed E-state index contributed by atoms with van der Waals surface area (Å²) in [5, 5.41) is 0. The Morgan fingerprint density at radius 3 is 2.79 bits per heavy atom. The Labute approximate surface area is 145 Å². The molecule has 0 saturated carbocycles. The van der Waals surface area contributed by atoms with Crippen LogP contribution in [0.5, 0.6) is 5.88 Å². The molecule has 1 aromatic rings. The monoisotopic (exact) mass is 334 g/mol. The van der Waals surface area contributed by atoms with Gasteiger partial charge in [-0.2, -0.15) is 0 Å². The Morgan fingerprint density at radius 1 is 1.33 bits per heavy atom. The van der Waals surface area contributed by atoms with E-state index in [-0.39, 0.29) is 12.1 Å². The van der Waals surface area contributed by atoms with Crippen molar-refractivity contribution in [2.75, 3.05) is 13.2 Å². The van der Waals surface area contributed by atoms with Gasteiger partial charge in [-0.05, 0) is 65.4 Å². The number of amides is 1. The topological polar surface area (TPSA) is 51.7 Å². The molecule has 1 aliphatic heterocycles. The van der Waals surface area contributed by atoms with Crippen LogP contribution in [0, 0.1) is 6.92 Å². The molecule has 1 saturated heterocycles. The molecule has 134 valence electrons. The average molecular weight is 334 g/mol. The Bertz CT molecular complexity index is 522. The van der Waals surface area contributed by atoms with E-state index in [9.17, 15) is 4.79 Å². The molecule has 0 aromatic carbocycles. The van der Waals surface area contributed by atoms with Crippen LogP contribution in [-0.2, 0) is 4.74 Å². The number of piperidine rings is 1. The van der Waals surface area contributed by atoms with E-state index < -0.39 is 5.60 Å². The largest absolute Gasteiger partial charge is 0.478 e. The van der Waals surface area contributed by atoms with Gasteiger partial charge in [0.1, 0.15) is 5.60 Å². The van der Waals surface area contributed by atoms with Gasteiger partial charge in [0, 0.05) is 24.8 Å². The van der Waals surface area contributed by atoms with Crippen molar-refractivity contribution < 1.29 is 14.3 Å². The molecule has 0 unspecified atom stereocenters. The van der Waals surface area contributed by atoms with E-state index >= 15 is 0 Å². The quantitative estimate of drug-likeness (QED) is 0.752. The van der Waals surface area contributed by atoms with Crippen molar-refractivity contribution in [3.05, 3.63) is 23.9 Å². The predicted octanol–water partition coefficient (Wildman–Crippen LogP) is 4.34. The highest BCUT2D eigenvalue weighted by atomic mass is 16.6. The maximum Gasteiger partial charge on any atom is 0.410 e. The number of rotatable bonds is 5. The summed E-state index contributed by atoms with van der Waals surface area (Å²) in [7, 11) is 0. The lowest BCUT2D eigenvalue weighted by atomic mass is 9.98. The molecule has 5 heteroatoms. The van der Waals surface area contributed by atoms with Crippen LogP contribution in [0.25, 0.3) is 0 Å². The molecule has 1 atom stereocenters. The normalized spacial score (nSPS) is 18.3. The summed E-state index contributed by atoms with van der Waals surface area (Å²) in [6.45, 7) is 9.14. The van der Waals surface area contributed by atoms with Crippen molar-refractivity contribution in [2.24, 2.45) is 0 Å². The Balaban J connectivity index is 1.78. The van der Waals surface area contributed by atoms with Crippen LogP contribution in [0.3, 0.4) is 0 Å². The van der Waals surface area contributed by atoms with Crippen molar-refractivity contribution in [3.8, 4) is 5.88 Å². The fraction of sp³-hybridized carbons (Fsp3) is 0.684. The fourth-order valence-corrected chi connectivity index (χ4v) is 2.90. The van der Waals surface area contributed by atoms with Gasteiger partial charge < -0.3 is 14.4 Å². The fourth-order valence-electron chi connectivity index (χ4n) is 2.90. The summed E-state index contributed by atoms with van der Waals surface area (Å²) in [5.74, 6) is 0.660. The predicted molar refractivity (Wildman–Crippen MR) is 94.3 cm³/mol. The van der Waals surface area contributed by atoms with Crippen LogP contribution in [0.4, 0.5) is 4.79 Å². The highest BCUT2D eigenvalue weighted by Gasteiger charge is 2.30. The van der Waals surface area contributed by atoms with E-state index in [1.807, 2.05) is 44.7 Å². The summed E-state index contributed by atoms with van der Waals surface area (Å²) >= 11 is 0. The van der Waals surface area contributed by atoms with Crippen LogP contribution < -0.4 is 4.74 Å².